The fourth-order valence-corrected chi connectivity index (χ4v) is 3.96. The SMILES string of the molecule is O=C(O)C1CCC(S(=O)(=O)CCCO)CC1. The van der Waals surface area contributed by atoms with E-state index in [1.165, 1.54) is 0 Å². The highest BCUT2D eigenvalue weighted by Gasteiger charge is 2.32. The molecular formula is C10H18O5S. The van der Waals surface area contributed by atoms with Gasteiger partial charge in [-0.05, 0) is 32.1 Å². The maximum atomic E-state index is 11.8. The number of hydrogen-bond donors (Lipinski definition) is 2. The summed E-state index contributed by atoms with van der Waals surface area (Å²) < 4.78 is 23.5. The van der Waals surface area contributed by atoms with E-state index in [1.54, 1.807) is 0 Å². The summed E-state index contributed by atoms with van der Waals surface area (Å²) in [4.78, 5) is 10.7. The van der Waals surface area contributed by atoms with Gasteiger partial charge in [0.25, 0.3) is 0 Å². The van der Waals surface area contributed by atoms with Crippen LogP contribution in [-0.2, 0) is 14.6 Å². The Morgan fingerprint density at radius 1 is 1.19 bits per heavy atom. The summed E-state index contributed by atoms with van der Waals surface area (Å²) in [6.45, 7) is -0.121. The third-order valence-electron chi connectivity index (χ3n) is 3.12. The zero-order chi connectivity index (χ0) is 12.2. The molecular weight excluding hydrogens is 232 g/mol. The van der Waals surface area contributed by atoms with Crippen molar-refractivity contribution >= 4 is 15.8 Å². The molecule has 0 atom stereocenters. The number of sulfone groups is 1. The topological polar surface area (TPSA) is 91.7 Å². The van der Waals surface area contributed by atoms with Crippen LogP contribution >= 0.6 is 0 Å². The monoisotopic (exact) mass is 250 g/mol. The van der Waals surface area contributed by atoms with Gasteiger partial charge in [0, 0.05) is 6.61 Å². The Hall–Kier alpha value is -0.620. The van der Waals surface area contributed by atoms with E-state index in [-0.39, 0.29) is 24.7 Å². The summed E-state index contributed by atoms with van der Waals surface area (Å²) in [6.07, 6.45) is 2.02. The summed E-state index contributed by atoms with van der Waals surface area (Å²) in [7, 11) is -3.15. The Morgan fingerprint density at radius 3 is 2.19 bits per heavy atom. The molecule has 1 aliphatic carbocycles. The summed E-state index contributed by atoms with van der Waals surface area (Å²) in [5, 5.41) is 17.0. The van der Waals surface area contributed by atoms with Crippen molar-refractivity contribution < 1.29 is 23.4 Å². The molecule has 1 aliphatic rings. The Balaban J connectivity index is 2.50. The van der Waals surface area contributed by atoms with E-state index in [4.69, 9.17) is 10.2 Å². The molecule has 94 valence electrons. The first-order chi connectivity index (χ1) is 7.47. The molecule has 0 saturated heterocycles. The van der Waals surface area contributed by atoms with Gasteiger partial charge in [0.15, 0.2) is 9.84 Å². The fourth-order valence-electron chi connectivity index (χ4n) is 2.10. The van der Waals surface area contributed by atoms with Crippen LogP contribution in [0.2, 0.25) is 0 Å². The van der Waals surface area contributed by atoms with E-state index in [2.05, 4.69) is 0 Å². The van der Waals surface area contributed by atoms with Crippen LogP contribution in [0.3, 0.4) is 0 Å². The summed E-state index contributed by atoms with van der Waals surface area (Å²) >= 11 is 0. The quantitative estimate of drug-likeness (QED) is 0.738. The van der Waals surface area contributed by atoms with Crippen LogP contribution < -0.4 is 0 Å². The van der Waals surface area contributed by atoms with Gasteiger partial charge in [0.1, 0.15) is 0 Å². The molecule has 0 aromatic rings. The first-order valence-corrected chi connectivity index (χ1v) is 7.24. The Bertz CT molecular complexity index is 327. The summed E-state index contributed by atoms with van der Waals surface area (Å²) in [5.74, 6) is -1.21. The van der Waals surface area contributed by atoms with Crippen LogP contribution in [0.15, 0.2) is 0 Å². The lowest BCUT2D eigenvalue weighted by Crippen LogP contribution is -2.31. The first kappa shape index (κ1) is 13.4. The standard InChI is InChI=1S/C10H18O5S/c11-6-1-7-16(14,15)9-4-2-8(3-5-9)10(12)13/h8-9,11H,1-7H2,(H,12,13). The largest absolute Gasteiger partial charge is 0.481 e. The third-order valence-corrected chi connectivity index (χ3v) is 5.46. The van der Waals surface area contributed by atoms with Crippen molar-refractivity contribution in [3.63, 3.8) is 0 Å². The van der Waals surface area contributed by atoms with E-state index >= 15 is 0 Å². The smallest absolute Gasteiger partial charge is 0.306 e. The second-order valence-corrected chi connectivity index (χ2v) is 6.66. The molecule has 0 unspecified atom stereocenters. The maximum absolute atomic E-state index is 11.8. The van der Waals surface area contributed by atoms with Crippen LogP contribution in [-0.4, -0.2) is 42.2 Å². The predicted octanol–water partition coefficient (Wildman–Crippen LogP) is 0.427. The lowest BCUT2D eigenvalue weighted by Gasteiger charge is -2.25. The number of aliphatic hydroxyl groups is 1. The number of aliphatic carboxylic acids is 1. The van der Waals surface area contributed by atoms with Crippen molar-refractivity contribution in [3.8, 4) is 0 Å². The van der Waals surface area contributed by atoms with Crippen molar-refractivity contribution in [2.24, 2.45) is 5.92 Å². The second kappa shape index (κ2) is 5.63. The lowest BCUT2D eigenvalue weighted by atomic mass is 9.89. The number of rotatable bonds is 5. The third kappa shape index (κ3) is 3.45. The number of carboxylic acids is 1. The van der Waals surface area contributed by atoms with Crippen LogP contribution in [0, 0.1) is 5.92 Å². The normalized spacial score (nSPS) is 26.6. The number of hydrogen-bond acceptors (Lipinski definition) is 4. The van der Waals surface area contributed by atoms with Crippen LogP contribution in [0.5, 0.6) is 0 Å². The fraction of sp³-hybridized carbons (Fsp3) is 0.900. The minimum Gasteiger partial charge on any atom is -0.481 e. The van der Waals surface area contributed by atoms with Crippen molar-refractivity contribution in [1.29, 1.82) is 0 Å². The first-order valence-electron chi connectivity index (χ1n) is 5.52. The van der Waals surface area contributed by atoms with Gasteiger partial charge in [0.2, 0.25) is 0 Å². The Morgan fingerprint density at radius 2 is 1.75 bits per heavy atom. The van der Waals surface area contributed by atoms with Crippen LogP contribution in [0.25, 0.3) is 0 Å². The van der Waals surface area contributed by atoms with E-state index in [1.807, 2.05) is 0 Å². The lowest BCUT2D eigenvalue weighted by molar-refractivity contribution is -0.142. The summed E-state index contributed by atoms with van der Waals surface area (Å²) in [6, 6.07) is 0. The van der Waals surface area contributed by atoms with Gasteiger partial charge >= 0.3 is 5.97 Å². The highest BCUT2D eigenvalue weighted by atomic mass is 32.2. The Labute approximate surface area is 95.4 Å². The van der Waals surface area contributed by atoms with E-state index in [0.29, 0.717) is 25.7 Å². The van der Waals surface area contributed by atoms with Gasteiger partial charge in [0.05, 0.1) is 16.9 Å². The summed E-state index contributed by atoms with van der Waals surface area (Å²) in [5.41, 5.74) is 0. The average Bonchev–Trinajstić information content (AvgIpc) is 2.26. The van der Waals surface area contributed by atoms with E-state index < -0.39 is 21.1 Å². The highest BCUT2D eigenvalue weighted by Crippen LogP contribution is 2.29. The number of carbonyl (C=O) groups is 1. The molecule has 0 aromatic carbocycles. The molecule has 5 nitrogen and oxygen atoms in total. The minimum absolute atomic E-state index is 0.00586. The van der Waals surface area contributed by atoms with Gasteiger partial charge in [-0.1, -0.05) is 0 Å². The minimum atomic E-state index is -3.15. The van der Waals surface area contributed by atoms with Crippen molar-refractivity contribution in [2.45, 2.75) is 37.4 Å². The number of carboxylic acid groups (broad SMARTS) is 1. The molecule has 0 aromatic heterocycles. The van der Waals surface area contributed by atoms with E-state index in [9.17, 15) is 13.2 Å². The molecule has 0 heterocycles. The zero-order valence-electron chi connectivity index (χ0n) is 9.13. The maximum Gasteiger partial charge on any atom is 0.306 e. The van der Waals surface area contributed by atoms with Gasteiger partial charge in [-0.15, -0.1) is 0 Å². The van der Waals surface area contributed by atoms with E-state index in [0.717, 1.165) is 0 Å². The molecule has 0 spiro atoms. The van der Waals surface area contributed by atoms with Gasteiger partial charge < -0.3 is 10.2 Å². The molecule has 0 amide bonds. The highest BCUT2D eigenvalue weighted by molar-refractivity contribution is 7.92. The number of aliphatic hydroxyl groups excluding tert-OH is 1. The van der Waals surface area contributed by atoms with Gasteiger partial charge in [-0.3, -0.25) is 4.79 Å². The molecule has 16 heavy (non-hydrogen) atoms. The van der Waals surface area contributed by atoms with Crippen molar-refractivity contribution in [3.05, 3.63) is 0 Å². The van der Waals surface area contributed by atoms with Crippen LogP contribution in [0.4, 0.5) is 0 Å². The molecule has 0 aliphatic heterocycles. The average molecular weight is 250 g/mol. The molecule has 1 rings (SSSR count). The van der Waals surface area contributed by atoms with Gasteiger partial charge in [-0.25, -0.2) is 8.42 Å². The van der Waals surface area contributed by atoms with Crippen molar-refractivity contribution in [2.75, 3.05) is 12.4 Å². The molecule has 0 radical (unpaired) electrons. The zero-order valence-corrected chi connectivity index (χ0v) is 9.95. The van der Waals surface area contributed by atoms with Crippen LogP contribution in [0.1, 0.15) is 32.1 Å². The van der Waals surface area contributed by atoms with Gasteiger partial charge in [-0.2, -0.15) is 0 Å². The molecule has 1 fully saturated rings. The van der Waals surface area contributed by atoms with Crippen molar-refractivity contribution in [1.82, 2.24) is 0 Å². The molecule has 1 saturated carbocycles. The molecule has 6 heteroatoms. The second-order valence-electron chi connectivity index (χ2n) is 4.26. The molecule has 0 bridgehead atoms. The predicted molar refractivity (Wildman–Crippen MR) is 58.9 cm³/mol. The Kier molecular flexibility index (Phi) is 4.73. The molecule has 2 N–H and O–H groups in total.